The number of para-hydroxylation sites is 1. The van der Waals surface area contributed by atoms with Crippen LogP contribution in [0.15, 0.2) is 18.2 Å². The molecule has 0 radical (unpaired) electrons. The molecule has 0 fully saturated rings. The maximum absolute atomic E-state index is 12.2. The second-order valence-electron chi connectivity index (χ2n) is 4.14. The minimum absolute atomic E-state index is 0.207. The summed E-state index contributed by atoms with van der Waals surface area (Å²) in [5.74, 6) is -0.0498. The van der Waals surface area contributed by atoms with Crippen LogP contribution in [0.3, 0.4) is 0 Å². The Morgan fingerprint density at radius 1 is 1.61 bits per heavy atom. The molecule has 2 N–H and O–H groups in total. The first-order valence-corrected chi connectivity index (χ1v) is 5.58. The number of methoxy groups -OCH3 is 1. The van der Waals surface area contributed by atoms with Crippen LogP contribution in [0.25, 0.3) is 0 Å². The average molecular weight is 247 g/mol. The second-order valence-corrected chi connectivity index (χ2v) is 4.14. The third-order valence-electron chi connectivity index (χ3n) is 2.59. The zero-order chi connectivity index (χ0) is 13.7. The molecule has 1 aromatic carbocycles. The number of hydrogen-bond donors (Lipinski definition) is 1. The van der Waals surface area contributed by atoms with Gasteiger partial charge in [-0.2, -0.15) is 5.26 Å². The summed E-state index contributed by atoms with van der Waals surface area (Å²) in [5.41, 5.74) is 6.58. The zero-order valence-corrected chi connectivity index (χ0v) is 10.8. The summed E-state index contributed by atoms with van der Waals surface area (Å²) < 4.78 is 5.14. The minimum Gasteiger partial charge on any atom is -0.494 e. The quantitative estimate of drug-likeness (QED) is 0.818. The fourth-order valence-electron chi connectivity index (χ4n) is 1.69. The zero-order valence-electron chi connectivity index (χ0n) is 10.8. The lowest BCUT2D eigenvalue weighted by Gasteiger charge is -2.20. The highest BCUT2D eigenvalue weighted by Gasteiger charge is 2.19. The Balaban J connectivity index is 2.97. The molecule has 1 rings (SSSR count). The summed E-state index contributed by atoms with van der Waals surface area (Å²) in [6.45, 7) is 2.13. The number of benzene rings is 1. The van der Waals surface area contributed by atoms with E-state index in [0.717, 1.165) is 0 Å². The molecule has 0 bridgehead atoms. The Morgan fingerprint density at radius 2 is 2.28 bits per heavy atom. The Labute approximate surface area is 107 Å². The van der Waals surface area contributed by atoms with Gasteiger partial charge in [0.05, 0.1) is 30.3 Å². The summed E-state index contributed by atoms with van der Waals surface area (Å²) in [5, 5.41) is 8.75. The van der Waals surface area contributed by atoms with Crippen LogP contribution >= 0.6 is 0 Å². The monoisotopic (exact) mass is 247 g/mol. The Hall–Kier alpha value is -2.22. The number of nitriles is 1. The van der Waals surface area contributed by atoms with Gasteiger partial charge in [-0.05, 0) is 19.1 Å². The molecule has 0 saturated heterocycles. The first-order valence-electron chi connectivity index (χ1n) is 5.58. The van der Waals surface area contributed by atoms with Crippen molar-refractivity contribution in [1.29, 1.82) is 5.26 Å². The Morgan fingerprint density at radius 3 is 2.83 bits per heavy atom. The van der Waals surface area contributed by atoms with Crippen LogP contribution in [0.2, 0.25) is 0 Å². The molecule has 5 nitrogen and oxygen atoms in total. The van der Waals surface area contributed by atoms with E-state index in [9.17, 15) is 4.79 Å². The van der Waals surface area contributed by atoms with Crippen molar-refractivity contribution in [3.63, 3.8) is 0 Å². The van der Waals surface area contributed by atoms with Crippen LogP contribution in [-0.4, -0.2) is 31.5 Å². The van der Waals surface area contributed by atoms with Gasteiger partial charge in [0.25, 0.3) is 5.91 Å². The molecule has 0 aliphatic heterocycles. The van der Waals surface area contributed by atoms with Gasteiger partial charge in [0.15, 0.2) is 5.75 Å². The minimum atomic E-state index is -0.217. The van der Waals surface area contributed by atoms with Gasteiger partial charge in [0.1, 0.15) is 0 Å². The van der Waals surface area contributed by atoms with Gasteiger partial charge in [-0.3, -0.25) is 4.79 Å². The molecule has 0 heterocycles. The van der Waals surface area contributed by atoms with Crippen molar-refractivity contribution in [3.05, 3.63) is 23.8 Å². The van der Waals surface area contributed by atoms with E-state index in [0.29, 0.717) is 23.5 Å². The molecular weight excluding hydrogens is 230 g/mol. The summed E-state index contributed by atoms with van der Waals surface area (Å²) in [6.07, 6.45) is 0. The van der Waals surface area contributed by atoms with E-state index in [2.05, 4.69) is 6.07 Å². The van der Waals surface area contributed by atoms with Crippen LogP contribution in [0.4, 0.5) is 5.69 Å². The van der Waals surface area contributed by atoms with Crippen LogP contribution in [0.5, 0.6) is 5.75 Å². The molecule has 0 aliphatic rings. The normalized spacial score (nSPS) is 11.4. The summed E-state index contributed by atoms with van der Waals surface area (Å²) >= 11 is 0. The smallest absolute Gasteiger partial charge is 0.257 e. The lowest BCUT2D eigenvalue weighted by Crippen LogP contribution is -2.31. The van der Waals surface area contributed by atoms with Crippen molar-refractivity contribution >= 4 is 11.6 Å². The van der Waals surface area contributed by atoms with E-state index in [4.69, 9.17) is 15.7 Å². The molecule has 0 aliphatic carbocycles. The van der Waals surface area contributed by atoms with Gasteiger partial charge >= 0.3 is 0 Å². The molecule has 96 valence electrons. The van der Waals surface area contributed by atoms with Gasteiger partial charge in [0, 0.05) is 13.6 Å². The number of nitrogens with two attached hydrogens (primary N) is 1. The number of hydrogen-bond acceptors (Lipinski definition) is 4. The Kier molecular flexibility index (Phi) is 4.55. The van der Waals surface area contributed by atoms with E-state index in [-0.39, 0.29) is 11.8 Å². The van der Waals surface area contributed by atoms with Gasteiger partial charge in [-0.15, -0.1) is 0 Å². The maximum Gasteiger partial charge on any atom is 0.257 e. The van der Waals surface area contributed by atoms with Gasteiger partial charge in [-0.1, -0.05) is 6.07 Å². The maximum atomic E-state index is 12.2. The third kappa shape index (κ3) is 2.92. The van der Waals surface area contributed by atoms with Crippen molar-refractivity contribution in [2.75, 3.05) is 26.4 Å². The first kappa shape index (κ1) is 13.8. The summed E-state index contributed by atoms with van der Waals surface area (Å²) in [6, 6.07) is 7.13. The number of nitrogen functional groups attached to an aromatic ring is 1. The molecule has 0 aromatic heterocycles. The van der Waals surface area contributed by atoms with Crippen molar-refractivity contribution in [1.82, 2.24) is 4.90 Å². The fourth-order valence-corrected chi connectivity index (χ4v) is 1.69. The average Bonchev–Trinajstić information content (AvgIpc) is 2.37. The van der Waals surface area contributed by atoms with Gasteiger partial charge in [0.2, 0.25) is 0 Å². The standard InChI is InChI=1S/C13H17N3O2/c1-9(7-14)8-16(2)13(17)10-5-4-6-11(15)12(10)18-3/h4-6,9H,8,15H2,1-3H3. The van der Waals surface area contributed by atoms with Crippen LogP contribution in [-0.2, 0) is 0 Å². The van der Waals surface area contributed by atoms with E-state index in [1.54, 1.807) is 32.2 Å². The predicted molar refractivity (Wildman–Crippen MR) is 69.1 cm³/mol. The van der Waals surface area contributed by atoms with Gasteiger partial charge < -0.3 is 15.4 Å². The van der Waals surface area contributed by atoms with E-state index in [1.807, 2.05) is 0 Å². The number of carbonyl (C=O) groups is 1. The molecule has 1 unspecified atom stereocenters. The van der Waals surface area contributed by atoms with Crippen LogP contribution in [0.1, 0.15) is 17.3 Å². The van der Waals surface area contributed by atoms with Crippen molar-refractivity contribution in [2.45, 2.75) is 6.92 Å². The van der Waals surface area contributed by atoms with Crippen molar-refractivity contribution in [2.24, 2.45) is 5.92 Å². The number of anilines is 1. The van der Waals surface area contributed by atoms with E-state index in [1.165, 1.54) is 12.0 Å². The SMILES string of the molecule is COc1c(N)cccc1C(=O)N(C)CC(C)C#N. The highest BCUT2D eigenvalue weighted by atomic mass is 16.5. The fraction of sp³-hybridized carbons (Fsp3) is 0.385. The number of nitrogens with zero attached hydrogens (tertiary/aromatic N) is 2. The lowest BCUT2D eigenvalue weighted by molar-refractivity contribution is 0.0782. The molecule has 1 amide bonds. The van der Waals surface area contributed by atoms with Crippen LogP contribution in [0, 0.1) is 17.2 Å². The van der Waals surface area contributed by atoms with Crippen molar-refractivity contribution in [3.8, 4) is 11.8 Å². The van der Waals surface area contributed by atoms with E-state index < -0.39 is 0 Å². The first-order chi connectivity index (χ1) is 8.51. The third-order valence-corrected chi connectivity index (χ3v) is 2.59. The van der Waals surface area contributed by atoms with Gasteiger partial charge in [-0.25, -0.2) is 0 Å². The van der Waals surface area contributed by atoms with E-state index >= 15 is 0 Å². The summed E-state index contributed by atoms with van der Waals surface area (Å²) in [4.78, 5) is 13.7. The van der Waals surface area contributed by atoms with Crippen LogP contribution < -0.4 is 10.5 Å². The number of rotatable bonds is 4. The number of amides is 1. The molecule has 18 heavy (non-hydrogen) atoms. The predicted octanol–water partition coefficient (Wildman–Crippen LogP) is 1.51. The number of ether oxygens (including phenoxy) is 1. The molecule has 0 saturated carbocycles. The highest BCUT2D eigenvalue weighted by Crippen LogP contribution is 2.26. The second kappa shape index (κ2) is 5.92. The largest absolute Gasteiger partial charge is 0.494 e. The molecule has 1 atom stereocenters. The number of carbonyl (C=O) groups excluding carboxylic acids is 1. The Bertz CT molecular complexity index is 480. The molecule has 1 aromatic rings. The molecule has 5 heteroatoms. The van der Waals surface area contributed by atoms with Crippen molar-refractivity contribution < 1.29 is 9.53 Å². The topological polar surface area (TPSA) is 79.3 Å². The summed E-state index contributed by atoms with van der Waals surface area (Å²) in [7, 11) is 3.12. The lowest BCUT2D eigenvalue weighted by atomic mass is 10.1. The molecule has 0 spiro atoms. The highest BCUT2D eigenvalue weighted by molar-refractivity contribution is 5.98. The molecular formula is C13H17N3O2.